The van der Waals surface area contributed by atoms with Crippen molar-refractivity contribution in [2.75, 3.05) is 11.6 Å². The molecule has 0 saturated carbocycles. The molecule has 25 heavy (non-hydrogen) atoms. The van der Waals surface area contributed by atoms with Gasteiger partial charge in [0.1, 0.15) is 0 Å². The van der Waals surface area contributed by atoms with Crippen LogP contribution in [0, 0.1) is 0 Å². The maximum atomic E-state index is 12.1. The Kier molecular flexibility index (Phi) is 4.45. The number of hydrogen-bond acceptors (Lipinski definition) is 5. The molecule has 1 amide bonds. The van der Waals surface area contributed by atoms with E-state index in [0.29, 0.717) is 16.8 Å². The van der Waals surface area contributed by atoms with Crippen LogP contribution in [0.3, 0.4) is 0 Å². The van der Waals surface area contributed by atoms with E-state index in [1.807, 2.05) is 0 Å². The number of nitrogens with one attached hydrogen (secondary N) is 1. The summed E-state index contributed by atoms with van der Waals surface area (Å²) in [6.07, 6.45) is 1.20. The largest absolute Gasteiger partial charge is 0.419 e. The number of benzene rings is 2. The second-order valence-corrected chi connectivity index (χ2v) is 7.60. The van der Waals surface area contributed by atoms with Crippen molar-refractivity contribution >= 4 is 32.5 Å². The van der Waals surface area contributed by atoms with Crippen molar-refractivity contribution in [1.82, 2.24) is 4.57 Å². The third-order valence-electron chi connectivity index (χ3n) is 3.70. The summed E-state index contributed by atoms with van der Waals surface area (Å²) in [7, 11) is -3.27. The highest BCUT2D eigenvalue weighted by molar-refractivity contribution is 7.90. The van der Waals surface area contributed by atoms with Crippen LogP contribution in [-0.2, 0) is 21.2 Å². The van der Waals surface area contributed by atoms with Gasteiger partial charge >= 0.3 is 5.76 Å². The highest BCUT2D eigenvalue weighted by Gasteiger charge is 2.11. The van der Waals surface area contributed by atoms with Crippen molar-refractivity contribution in [3.63, 3.8) is 0 Å². The summed E-state index contributed by atoms with van der Waals surface area (Å²) in [5, 5.41) is 2.67. The maximum Gasteiger partial charge on any atom is 0.419 e. The fourth-order valence-electron chi connectivity index (χ4n) is 2.45. The lowest BCUT2D eigenvalue weighted by atomic mass is 10.3. The average Bonchev–Trinajstić information content (AvgIpc) is 2.88. The zero-order valence-electron chi connectivity index (χ0n) is 13.4. The molecule has 0 atom stereocenters. The first-order valence-corrected chi connectivity index (χ1v) is 9.42. The topological polar surface area (TPSA) is 98.4 Å². The van der Waals surface area contributed by atoms with E-state index >= 15 is 0 Å². The normalized spacial score (nSPS) is 11.6. The van der Waals surface area contributed by atoms with Crippen LogP contribution in [-0.4, -0.2) is 25.1 Å². The number of aromatic nitrogens is 1. The first-order valence-electron chi connectivity index (χ1n) is 7.53. The molecule has 0 saturated heterocycles. The van der Waals surface area contributed by atoms with E-state index in [0.717, 1.165) is 6.26 Å². The molecule has 2 aromatic carbocycles. The number of rotatable bonds is 5. The number of oxazole rings is 1. The Morgan fingerprint density at radius 3 is 2.48 bits per heavy atom. The molecule has 3 rings (SSSR count). The zero-order valence-corrected chi connectivity index (χ0v) is 14.2. The van der Waals surface area contributed by atoms with Gasteiger partial charge in [-0.1, -0.05) is 12.1 Å². The number of fused-ring (bicyclic) bond motifs is 1. The van der Waals surface area contributed by atoms with Crippen LogP contribution in [0.2, 0.25) is 0 Å². The number of para-hydroxylation sites is 2. The summed E-state index contributed by atoms with van der Waals surface area (Å²) in [6, 6.07) is 12.9. The highest BCUT2D eigenvalue weighted by Crippen LogP contribution is 2.15. The first-order chi connectivity index (χ1) is 11.8. The van der Waals surface area contributed by atoms with E-state index in [2.05, 4.69) is 5.32 Å². The van der Waals surface area contributed by atoms with Gasteiger partial charge in [0.05, 0.1) is 10.4 Å². The molecular formula is C17H16N2O5S. The number of sulfone groups is 1. The van der Waals surface area contributed by atoms with Gasteiger partial charge in [-0.3, -0.25) is 9.36 Å². The smallest absolute Gasteiger partial charge is 0.408 e. The van der Waals surface area contributed by atoms with Crippen LogP contribution in [0.25, 0.3) is 11.1 Å². The Hall–Kier alpha value is -2.87. The van der Waals surface area contributed by atoms with Gasteiger partial charge in [-0.2, -0.15) is 0 Å². The molecule has 130 valence electrons. The van der Waals surface area contributed by atoms with Crippen molar-refractivity contribution < 1.29 is 17.6 Å². The number of carbonyl (C=O) groups excluding carboxylic acids is 1. The average molecular weight is 360 g/mol. The molecule has 0 bridgehead atoms. The predicted molar refractivity (Wildman–Crippen MR) is 93.3 cm³/mol. The van der Waals surface area contributed by atoms with Crippen molar-refractivity contribution in [3.05, 3.63) is 59.1 Å². The maximum absolute atomic E-state index is 12.1. The number of carbonyl (C=O) groups is 1. The number of anilines is 1. The Morgan fingerprint density at radius 2 is 1.80 bits per heavy atom. The van der Waals surface area contributed by atoms with Crippen LogP contribution in [0.4, 0.5) is 5.69 Å². The number of nitrogens with zero attached hydrogens (tertiary/aromatic N) is 1. The molecule has 0 aliphatic carbocycles. The summed E-state index contributed by atoms with van der Waals surface area (Å²) in [6.45, 7) is 0.184. The standard InChI is InChI=1S/C17H16N2O5S/c1-25(22,23)13-8-6-12(7-9-13)18-16(20)10-11-19-14-4-2-3-5-15(14)24-17(19)21/h2-9H,10-11H2,1H3,(H,18,20). The highest BCUT2D eigenvalue weighted by atomic mass is 32.2. The molecule has 0 spiro atoms. The van der Waals surface area contributed by atoms with Gasteiger partial charge in [0.25, 0.3) is 0 Å². The second kappa shape index (κ2) is 6.56. The summed E-state index contributed by atoms with van der Waals surface area (Å²) in [5.41, 5.74) is 1.60. The molecule has 8 heteroatoms. The van der Waals surface area contributed by atoms with Gasteiger partial charge in [-0.25, -0.2) is 13.2 Å². The van der Waals surface area contributed by atoms with Gasteiger partial charge in [0, 0.05) is 24.9 Å². The minimum atomic E-state index is -3.27. The number of aryl methyl sites for hydroxylation is 1. The van der Waals surface area contributed by atoms with E-state index in [9.17, 15) is 18.0 Å². The van der Waals surface area contributed by atoms with Crippen molar-refractivity contribution in [3.8, 4) is 0 Å². The van der Waals surface area contributed by atoms with Gasteiger partial charge in [0.2, 0.25) is 5.91 Å². The summed E-state index contributed by atoms with van der Waals surface area (Å²) >= 11 is 0. The van der Waals surface area contributed by atoms with Crippen LogP contribution in [0.1, 0.15) is 6.42 Å². The molecular weight excluding hydrogens is 344 g/mol. The third-order valence-corrected chi connectivity index (χ3v) is 4.83. The minimum Gasteiger partial charge on any atom is -0.408 e. The molecule has 7 nitrogen and oxygen atoms in total. The summed E-state index contributed by atoms with van der Waals surface area (Å²) in [4.78, 5) is 24.1. The number of amides is 1. The minimum absolute atomic E-state index is 0.0806. The quantitative estimate of drug-likeness (QED) is 0.751. The summed E-state index contributed by atoms with van der Waals surface area (Å²) in [5.74, 6) is -0.796. The molecule has 0 radical (unpaired) electrons. The van der Waals surface area contributed by atoms with Crippen molar-refractivity contribution in [1.29, 1.82) is 0 Å². The van der Waals surface area contributed by atoms with E-state index in [1.54, 1.807) is 24.3 Å². The Labute approximate surface area is 143 Å². The molecule has 0 aliphatic heterocycles. The van der Waals surface area contributed by atoms with Crippen molar-refractivity contribution in [2.24, 2.45) is 0 Å². The SMILES string of the molecule is CS(=O)(=O)c1ccc(NC(=O)CCn2c(=O)oc3ccccc32)cc1. The predicted octanol–water partition coefficient (Wildman–Crippen LogP) is 2.03. The third kappa shape index (κ3) is 3.80. The summed E-state index contributed by atoms with van der Waals surface area (Å²) < 4.78 is 29.3. The first kappa shape index (κ1) is 17.0. The van der Waals surface area contributed by atoms with E-state index in [4.69, 9.17) is 4.42 Å². The van der Waals surface area contributed by atoms with Gasteiger partial charge < -0.3 is 9.73 Å². The van der Waals surface area contributed by atoms with Gasteiger partial charge in [-0.15, -0.1) is 0 Å². The molecule has 0 unspecified atom stereocenters. The Bertz CT molecular complexity index is 1080. The monoisotopic (exact) mass is 360 g/mol. The van der Waals surface area contributed by atoms with Crippen LogP contribution in [0.5, 0.6) is 0 Å². The van der Waals surface area contributed by atoms with Crippen LogP contribution >= 0.6 is 0 Å². The van der Waals surface area contributed by atoms with Gasteiger partial charge in [-0.05, 0) is 36.4 Å². The molecule has 3 aromatic rings. The van der Waals surface area contributed by atoms with Crippen LogP contribution in [0.15, 0.2) is 62.6 Å². The van der Waals surface area contributed by atoms with E-state index < -0.39 is 15.6 Å². The van der Waals surface area contributed by atoms with Gasteiger partial charge in [0.15, 0.2) is 15.4 Å². The fraction of sp³-hybridized carbons (Fsp3) is 0.176. The number of hydrogen-bond donors (Lipinski definition) is 1. The molecule has 1 aromatic heterocycles. The second-order valence-electron chi connectivity index (χ2n) is 5.58. The Morgan fingerprint density at radius 1 is 1.12 bits per heavy atom. The van der Waals surface area contributed by atoms with E-state index in [1.165, 1.54) is 28.8 Å². The van der Waals surface area contributed by atoms with Crippen molar-refractivity contribution in [2.45, 2.75) is 17.9 Å². The lowest BCUT2D eigenvalue weighted by molar-refractivity contribution is -0.116. The van der Waals surface area contributed by atoms with Crippen LogP contribution < -0.4 is 11.1 Å². The lowest BCUT2D eigenvalue weighted by Gasteiger charge is -2.06. The molecule has 1 heterocycles. The lowest BCUT2D eigenvalue weighted by Crippen LogP contribution is -2.19. The van der Waals surface area contributed by atoms with E-state index in [-0.39, 0.29) is 23.8 Å². The zero-order chi connectivity index (χ0) is 18.0. The fourth-order valence-corrected chi connectivity index (χ4v) is 3.08. The molecule has 1 N–H and O–H groups in total. The molecule has 0 aliphatic rings. The molecule has 0 fully saturated rings. The Balaban J connectivity index is 1.67.